The third-order valence-corrected chi connectivity index (χ3v) is 2.46. The monoisotopic (exact) mass is 206 g/mol. The van der Waals surface area contributed by atoms with E-state index in [1.165, 1.54) is 0 Å². The third kappa shape index (κ3) is 1.75. The molecule has 1 aromatic heterocycles. The molecule has 12 heavy (non-hydrogen) atoms. The predicted octanol–water partition coefficient (Wildman–Crippen LogP) is 2.65. The second-order valence-corrected chi connectivity index (χ2v) is 3.36. The number of aromatic nitrogens is 2. The highest BCUT2D eigenvalue weighted by molar-refractivity contribution is 6.32. The molecule has 0 spiro atoms. The topological polar surface area (TPSA) is 17.8 Å². The van der Waals surface area contributed by atoms with Gasteiger partial charge >= 0.3 is 0 Å². The molecular formula is C8H12Cl2N2. The van der Waals surface area contributed by atoms with Crippen molar-refractivity contribution in [2.75, 3.05) is 5.88 Å². The predicted molar refractivity (Wildman–Crippen MR) is 52.1 cm³/mol. The highest BCUT2D eigenvalue weighted by Crippen LogP contribution is 2.20. The normalized spacial score (nSPS) is 10.7. The average Bonchev–Trinajstić information content (AvgIpc) is 2.33. The maximum absolute atomic E-state index is 6.03. The lowest BCUT2D eigenvalue weighted by Gasteiger charge is -2.01. The summed E-state index contributed by atoms with van der Waals surface area (Å²) in [5.74, 6) is 0.588. The van der Waals surface area contributed by atoms with Crippen molar-refractivity contribution < 1.29 is 0 Å². The molecule has 1 rings (SSSR count). The molecule has 1 heterocycles. The highest BCUT2D eigenvalue weighted by atomic mass is 35.5. The lowest BCUT2D eigenvalue weighted by Crippen LogP contribution is -2.03. The second kappa shape index (κ2) is 4.15. The Kier molecular flexibility index (Phi) is 3.41. The van der Waals surface area contributed by atoms with Crippen LogP contribution < -0.4 is 0 Å². The average molecular weight is 207 g/mol. The highest BCUT2D eigenvalue weighted by Gasteiger charge is 2.10. The Labute approximate surface area is 82.5 Å². The summed E-state index contributed by atoms with van der Waals surface area (Å²) in [5.41, 5.74) is 1.94. The van der Waals surface area contributed by atoms with E-state index in [4.69, 9.17) is 23.2 Å². The van der Waals surface area contributed by atoms with E-state index in [0.717, 1.165) is 29.4 Å². The smallest absolute Gasteiger partial charge is 0.0847 e. The van der Waals surface area contributed by atoms with Gasteiger partial charge in [-0.05, 0) is 13.8 Å². The first kappa shape index (κ1) is 9.87. The maximum Gasteiger partial charge on any atom is 0.0847 e. The Bertz CT molecular complexity index is 268. The quantitative estimate of drug-likeness (QED) is 0.696. The van der Waals surface area contributed by atoms with Gasteiger partial charge in [0.1, 0.15) is 0 Å². The fourth-order valence-corrected chi connectivity index (χ4v) is 1.61. The zero-order valence-corrected chi connectivity index (χ0v) is 8.78. The SMILES string of the molecule is CCn1nc(C)c(Cl)c1CCCl. The minimum Gasteiger partial charge on any atom is -0.268 e. The molecule has 0 aliphatic heterocycles. The van der Waals surface area contributed by atoms with Crippen LogP contribution in [0.2, 0.25) is 5.02 Å². The van der Waals surface area contributed by atoms with E-state index < -0.39 is 0 Å². The largest absolute Gasteiger partial charge is 0.268 e. The molecule has 0 saturated carbocycles. The molecule has 0 aromatic carbocycles. The summed E-state index contributed by atoms with van der Waals surface area (Å²) in [5, 5.41) is 5.03. The number of hydrogen-bond acceptors (Lipinski definition) is 1. The fourth-order valence-electron chi connectivity index (χ4n) is 1.20. The molecule has 0 fully saturated rings. The molecular weight excluding hydrogens is 195 g/mol. The Balaban J connectivity index is 3.03. The summed E-state index contributed by atoms with van der Waals surface area (Å²) in [6.45, 7) is 4.80. The van der Waals surface area contributed by atoms with E-state index in [2.05, 4.69) is 5.10 Å². The number of halogens is 2. The van der Waals surface area contributed by atoms with E-state index in [1.807, 2.05) is 18.5 Å². The summed E-state index contributed by atoms with van der Waals surface area (Å²) < 4.78 is 1.90. The van der Waals surface area contributed by atoms with Crippen molar-refractivity contribution in [3.05, 3.63) is 16.4 Å². The lowest BCUT2D eigenvalue weighted by molar-refractivity contribution is 0.622. The van der Waals surface area contributed by atoms with Gasteiger partial charge in [0.2, 0.25) is 0 Å². The molecule has 0 N–H and O–H groups in total. The van der Waals surface area contributed by atoms with Crippen LogP contribution in [0.3, 0.4) is 0 Å². The minimum atomic E-state index is 0.588. The van der Waals surface area contributed by atoms with Gasteiger partial charge < -0.3 is 0 Å². The first-order chi connectivity index (χ1) is 5.70. The van der Waals surface area contributed by atoms with Crippen LogP contribution in [0.25, 0.3) is 0 Å². The molecule has 1 aromatic rings. The zero-order chi connectivity index (χ0) is 9.14. The zero-order valence-electron chi connectivity index (χ0n) is 7.27. The molecule has 0 atom stereocenters. The van der Waals surface area contributed by atoms with Gasteiger partial charge in [-0.25, -0.2) is 0 Å². The van der Waals surface area contributed by atoms with Gasteiger partial charge in [-0.3, -0.25) is 4.68 Å². The molecule has 4 heteroatoms. The Hall–Kier alpha value is -0.210. The van der Waals surface area contributed by atoms with Gasteiger partial charge in [-0.2, -0.15) is 5.10 Å². The van der Waals surface area contributed by atoms with Crippen molar-refractivity contribution in [2.24, 2.45) is 0 Å². The third-order valence-electron chi connectivity index (χ3n) is 1.78. The molecule has 0 bridgehead atoms. The van der Waals surface area contributed by atoms with Crippen molar-refractivity contribution in [3.8, 4) is 0 Å². The van der Waals surface area contributed by atoms with Crippen molar-refractivity contribution in [2.45, 2.75) is 26.8 Å². The van der Waals surface area contributed by atoms with Gasteiger partial charge in [0.25, 0.3) is 0 Å². The summed E-state index contributed by atoms with van der Waals surface area (Å²) in [7, 11) is 0. The summed E-state index contributed by atoms with van der Waals surface area (Å²) in [6, 6.07) is 0. The van der Waals surface area contributed by atoms with E-state index in [-0.39, 0.29) is 0 Å². The number of alkyl halides is 1. The van der Waals surface area contributed by atoms with Crippen LogP contribution in [0.15, 0.2) is 0 Å². The molecule has 0 amide bonds. The van der Waals surface area contributed by atoms with Crippen LogP contribution >= 0.6 is 23.2 Å². The first-order valence-electron chi connectivity index (χ1n) is 3.98. The van der Waals surface area contributed by atoms with Gasteiger partial charge in [-0.15, -0.1) is 11.6 Å². The molecule has 68 valence electrons. The van der Waals surface area contributed by atoms with Crippen LogP contribution in [0.5, 0.6) is 0 Å². The van der Waals surface area contributed by atoms with E-state index in [0.29, 0.717) is 5.88 Å². The summed E-state index contributed by atoms with van der Waals surface area (Å²) in [6.07, 6.45) is 0.787. The van der Waals surface area contributed by atoms with Crippen LogP contribution in [0, 0.1) is 6.92 Å². The molecule has 0 aliphatic carbocycles. The van der Waals surface area contributed by atoms with Crippen LogP contribution in [0.1, 0.15) is 18.3 Å². The van der Waals surface area contributed by atoms with E-state index >= 15 is 0 Å². The van der Waals surface area contributed by atoms with Gasteiger partial charge in [-0.1, -0.05) is 11.6 Å². The van der Waals surface area contributed by atoms with E-state index in [1.54, 1.807) is 0 Å². The number of rotatable bonds is 3. The second-order valence-electron chi connectivity index (χ2n) is 2.60. The summed E-state index contributed by atoms with van der Waals surface area (Å²) >= 11 is 11.7. The van der Waals surface area contributed by atoms with Crippen LogP contribution in [0.4, 0.5) is 0 Å². The standard InChI is InChI=1S/C8H12Cl2N2/c1-3-12-7(4-5-9)8(10)6(2)11-12/h3-5H2,1-2H3. The molecule has 2 nitrogen and oxygen atoms in total. The van der Waals surface area contributed by atoms with Gasteiger partial charge in [0.15, 0.2) is 0 Å². The van der Waals surface area contributed by atoms with Gasteiger partial charge in [0.05, 0.1) is 16.4 Å². The number of aryl methyl sites for hydroxylation is 2. The van der Waals surface area contributed by atoms with Crippen molar-refractivity contribution in [1.29, 1.82) is 0 Å². The van der Waals surface area contributed by atoms with Crippen molar-refractivity contribution >= 4 is 23.2 Å². The van der Waals surface area contributed by atoms with Crippen LogP contribution in [-0.4, -0.2) is 15.7 Å². The van der Waals surface area contributed by atoms with Crippen molar-refractivity contribution in [1.82, 2.24) is 9.78 Å². The minimum absolute atomic E-state index is 0.588. The molecule has 0 saturated heterocycles. The fraction of sp³-hybridized carbons (Fsp3) is 0.625. The molecule has 0 aliphatic rings. The Morgan fingerprint density at radius 2 is 2.17 bits per heavy atom. The number of nitrogens with zero attached hydrogens (tertiary/aromatic N) is 2. The van der Waals surface area contributed by atoms with Gasteiger partial charge in [0, 0.05) is 18.8 Å². The van der Waals surface area contributed by atoms with Crippen LogP contribution in [-0.2, 0) is 13.0 Å². The maximum atomic E-state index is 6.03. The lowest BCUT2D eigenvalue weighted by atomic mass is 10.3. The molecule has 0 unspecified atom stereocenters. The Morgan fingerprint density at radius 1 is 1.50 bits per heavy atom. The molecule has 0 radical (unpaired) electrons. The first-order valence-corrected chi connectivity index (χ1v) is 4.89. The summed E-state index contributed by atoms with van der Waals surface area (Å²) in [4.78, 5) is 0. The Morgan fingerprint density at radius 3 is 2.67 bits per heavy atom. The number of hydrogen-bond donors (Lipinski definition) is 0. The van der Waals surface area contributed by atoms with Crippen molar-refractivity contribution in [3.63, 3.8) is 0 Å². The van der Waals surface area contributed by atoms with E-state index in [9.17, 15) is 0 Å².